The number of rotatable bonds is 7. The van der Waals surface area contributed by atoms with Gasteiger partial charge in [-0.25, -0.2) is 9.78 Å². The molecule has 0 aliphatic carbocycles. The first-order valence-electron chi connectivity index (χ1n) is 10.7. The van der Waals surface area contributed by atoms with Crippen LogP contribution in [0.4, 0.5) is 4.79 Å². The second-order valence-corrected chi connectivity index (χ2v) is 9.78. The molecular formula is C23H29BrN4O5. The van der Waals surface area contributed by atoms with Crippen molar-refractivity contribution in [3.8, 4) is 0 Å². The van der Waals surface area contributed by atoms with Crippen LogP contribution >= 0.6 is 15.9 Å². The first-order valence-corrected chi connectivity index (χ1v) is 11.5. The smallest absolute Gasteiger partial charge is 0.410 e. The summed E-state index contributed by atoms with van der Waals surface area (Å²) in [6, 6.07) is 5.53. The zero-order chi connectivity index (χ0) is 24.3. The highest BCUT2D eigenvalue weighted by atomic mass is 79.9. The Morgan fingerprint density at radius 2 is 2.03 bits per heavy atom. The molecule has 1 aromatic carbocycles. The van der Waals surface area contributed by atoms with Gasteiger partial charge < -0.3 is 24.1 Å². The fourth-order valence-corrected chi connectivity index (χ4v) is 3.92. The second kappa shape index (κ2) is 9.94. The molecule has 0 radical (unpaired) electrons. The Bertz CT molecular complexity index is 1190. The van der Waals surface area contributed by atoms with Gasteiger partial charge in [0.05, 0.1) is 18.0 Å². The maximum Gasteiger partial charge on any atom is 0.410 e. The van der Waals surface area contributed by atoms with E-state index in [0.29, 0.717) is 37.0 Å². The monoisotopic (exact) mass is 520 g/mol. The Labute approximate surface area is 201 Å². The summed E-state index contributed by atoms with van der Waals surface area (Å²) in [7, 11) is 3.04. The molecular weight excluding hydrogens is 492 g/mol. The molecule has 2 heterocycles. The highest BCUT2D eigenvalue weighted by Gasteiger charge is 2.22. The van der Waals surface area contributed by atoms with E-state index in [0.717, 1.165) is 25.9 Å². The number of fused-ring (bicyclic) bond motifs is 3. The number of carbonyl (C=O) groups is 2. The fraction of sp³-hybridized carbons (Fsp3) is 0.478. The van der Waals surface area contributed by atoms with Gasteiger partial charge in [-0.05, 0) is 39.3 Å². The van der Waals surface area contributed by atoms with Crippen LogP contribution in [0.5, 0.6) is 0 Å². The minimum absolute atomic E-state index is 0.269. The van der Waals surface area contributed by atoms with E-state index in [9.17, 15) is 14.8 Å². The number of benzene rings is 1. The third-order valence-electron chi connectivity index (χ3n) is 5.13. The zero-order valence-corrected chi connectivity index (χ0v) is 21.1. The SMILES string of the molecule is COC(=O)CCCn1c(CCN(C)C(=O)OC(C)(C)C)nc2c[n+]([O-])c3cc(Br)ccc3c21. The minimum atomic E-state index is -0.582. The molecule has 0 saturated carbocycles. The van der Waals surface area contributed by atoms with E-state index in [1.165, 1.54) is 18.2 Å². The van der Waals surface area contributed by atoms with Crippen LogP contribution in [-0.2, 0) is 27.2 Å². The number of nitrogens with zero attached hydrogens (tertiary/aromatic N) is 4. The molecule has 33 heavy (non-hydrogen) atoms. The number of aromatic nitrogens is 3. The van der Waals surface area contributed by atoms with E-state index < -0.39 is 11.7 Å². The summed E-state index contributed by atoms with van der Waals surface area (Å²) < 4.78 is 13.8. The van der Waals surface area contributed by atoms with Gasteiger partial charge in [-0.15, -0.1) is 0 Å². The molecule has 0 spiro atoms. The molecule has 9 nitrogen and oxygen atoms in total. The standard InChI is InChI=1S/C23H29BrN4O5/c1-23(2,3)33-22(30)26(4)12-10-19-25-17-14-28(31)18-13-15(24)8-9-16(18)21(17)27(19)11-6-7-20(29)32-5/h8-9,13-14H,6-7,10-12H2,1-5H3. The Kier molecular flexibility index (Phi) is 7.46. The van der Waals surface area contributed by atoms with Crippen molar-refractivity contribution in [2.75, 3.05) is 20.7 Å². The van der Waals surface area contributed by atoms with E-state index in [1.807, 2.05) is 37.5 Å². The third-order valence-corrected chi connectivity index (χ3v) is 5.63. The van der Waals surface area contributed by atoms with Crippen LogP contribution in [0.15, 0.2) is 28.9 Å². The van der Waals surface area contributed by atoms with E-state index >= 15 is 0 Å². The number of halogens is 1. The normalized spacial score (nSPS) is 11.7. The lowest BCUT2D eigenvalue weighted by Gasteiger charge is -2.24. The largest absolute Gasteiger partial charge is 0.618 e. The van der Waals surface area contributed by atoms with E-state index in [4.69, 9.17) is 14.5 Å². The predicted molar refractivity (Wildman–Crippen MR) is 128 cm³/mol. The second-order valence-electron chi connectivity index (χ2n) is 8.86. The Hall–Kier alpha value is -2.88. The van der Waals surface area contributed by atoms with E-state index in [-0.39, 0.29) is 12.4 Å². The molecule has 0 aliphatic heterocycles. The molecule has 3 rings (SSSR count). The zero-order valence-electron chi connectivity index (χ0n) is 19.6. The number of ether oxygens (including phenoxy) is 2. The molecule has 0 aliphatic rings. The molecule has 2 aromatic heterocycles. The summed E-state index contributed by atoms with van der Waals surface area (Å²) in [4.78, 5) is 30.2. The predicted octanol–water partition coefficient (Wildman–Crippen LogP) is 3.95. The summed E-state index contributed by atoms with van der Waals surface area (Å²) in [5.74, 6) is 0.442. The van der Waals surface area contributed by atoms with Crippen molar-refractivity contribution in [2.24, 2.45) is 0 Å². The Morgan fingerprint density at radius 1 is 1.30 bits per heavy atom. The number of pyridine rings is 1. The summed E-state index contributed by atoms with van der Waals surface area (Å²) in [6.45, 7) is 6.37. The van der Waals surface area contributed by atoms with Gasteiger partial charge in [-0.3, -0.25) is 4.79 Å². The topological polar surface area (TPSA) is 101 Å². The van der Waals surface area contributed by atoms with Crippen molar-refractivity contribution in [2.45, 2.75) is 52.2 Å². The van der Waals surface area contributed by atoms with Crippen LogP contribution in [0, 0.1) is 5.21 Å². The molecule has 0 bridgehead atoms. The van der Waals surface area contributed by atoms with Crippen molar-refractivity contribution in [3.05, 3.63) is 39.9 Å². The quantitative estimate of drug-likeness (QED) is 0.265. The van der Waals surface area contributed by atoms with Crippen LogP contribution in [0.3, 0.4) is 0 Å². The first-order chi connectivity index (χ1) is 15.5. The number of imidazole rings is 1. The summed E-state index contributed by atoms with van der Waals surface area (Å²) in [6.07, 6.45) is 2.33. The fourth-order valence-electron chi connectivity index (χ4n) is 3.58. The maximum absolute atomic E-state index is 12.6. The van der Waals surface area contributed by atoms with Gasteiger partial charge in [0.25, 0.3) is 0 Å². The van der Waals surface area contributed by atoms with Gasteiger partial charge in [0, 0.05) is 43.5 Å². The van der Waals surface area contributed by atoms with Crippen LogP contribution in [0.1, 0.15) is 39.4 Å². The Balaban J connectivity index is 1.97. The minimum Gasteiger partial charge on any atom is -0.618 e. The number of hydrogen-bond acceptors (Lipinski definition) is 6. The average molecular weight is 521 g/mol. The summed E-state index contributed by atoms with van der Waals surface area (Å²) in [5.41, 5.74) is 1.32. The maximum atomic E-state index is 12.6. The van der Waals surface area contributed by atoms with Gasteiger partial charge in [-0.2, -0.15) is 4.73 Å². The average Bonchev–Trinajstić information content (AvgIpc) is 3.07. The van der Waals surface area contributed by atoms with Crippen molar-refractivity contribution in [1.82, 2.24) is 14.5 Å². The molecule has 0 saturated heterocycles. The van der Waals surface area contributed by atoms with Gasteiger partial charge in [0.15, 0.2) is 5.52 Å². The Morgan fingerprint density at radius 3 is 2.70 bits per heavy atom. The number of likely N-dealkylation sites (N-methyl/N-ethyl adjacent to an activating group) is 1. The van der Waals surface area contributed by atoms with Crippen molar-refractivity contribution < 1.29 is 23.8 Å². The van der Waals surface area contributed by atoms with E-state index in [2.05, 4.69) is 15.9 Å². The molecule has 0 atom stereocenters. The van der Waals surface area contributed by atoms with Crippen LogP contribution in [0.2, 0.25) is 0 Å². The molecule has 178 valence electrons. The van der Waals surface area contributed by atoms with Gasteiger partial charge in [0.1, 0.15) is 11.4 Å². The van der Waals surface area contributed by atoms with Crippen LogP contribution in [0.25, 0.3) is 21.9 Å². The van der Waals surface area contributed by atoms with Crippen molar-refractivity contribution >= 4 is 49.9 Å². The number of carbonyl (C=O) groups excluding carboxylic acids is 2. The van der Waals surface area contributed by atoms with Gasteiger partial charge in [0.2, 0.25) is 11.7 Å². The summed E-state index contributed by atoms with van der Waals surface area (Å²) >= 11 is 3.42. The van der Waals surface area contributed by atoms with Crippen LogP contribution < -0.4 is 4.73 Å². The third kappa shape index (κ3) is 5.93. The molecule has 3 aromatic rings. The number of esters is 1. The number of amides is 1. The van der Waals surface area contributed by atoms with Crippen molar-refractivity contribution in [1.29, 1.82) is 0 Å². The van der Waals surface area contributed by atoms with Crippen molar-refractivity contribution in [3.63, 3.8) is 0 Å². The molecule has 10 heteroatoms. The van der Waals surface area contributed by atoms with Crippen LogP contribution in [-0.4, -0.2) is 52.8 Å². The molecule has 0 fully saturated rings. The highest BCUT2D eigenvalue weighted by Crippen LogP contribution is 2.27. The lowest BCUT2D eigenvalue weighted by atomic mass is 10.2. The number of methoxy groups -OCH3 is 1. The number of hydrogen-bond donors (Lipinski definition) is 0. The highest BCUT2D eigenvalue weighted by molar-refractivity contribution is 9.10. The summed E-state index contributed by atoms with van der Waals surface area (Å²) in [5, 5.41) is 13.4. The molecule has 1 amide bonds. The molecule has 0 N–H and O–H groups in total. The van der Waals surface area contributed by atoms with Gasteiger partial charge >= 0.3 is 12.1 Å². The number of aryl methyl sites for hydroxylation is 1. The molecule has 0 unspecified atom stereocenters. The van der Waals surface area contributed by atoms with Gasteiger partial charge in [-0.1, -0.05) is 15.9 Å². The lowest BCUT2D eigenvalue weighted by Crippen LogP contribution is -2.35. The lowest BCUT2D eigenvalue weighted by molar-refractivity contribution is -0.575. The van der Waals surface area contributed by atoms with E-state index in [1.54, 1.807) is 13.1 Å². The first kappa shape index (κ1) is 24.8.